The lowest BCUT2D eigenvalue weighted by Gasteiger charge is -2.35. The molecule has 0 radical (unpaired) electrons. The van der Waals surface area contributed by atoms with Crippen molar-refractivity contribution < 1.29 is 0 Å². The molecule has 0 bridgehead atoms. The van der Waals surface area contributed by atoms with Crippen LogP contribution in [0.25, 0.3) is 0 Å². The molecule has 0 heterocycles. The van der Waals surface area contributed by atoms with Crippen LogP contribution in [0.15, 0.2) is 11.6 Å². The molecule has 2 atom stereocenters. The number of allylic oxidation sites excluding steroid dienone is 2. The van der Waals surface area contributed by atoms with Crippen LogP contribution >= 0.6 is 0 Å². The van der Waals surface area contributed by atoms with E-state index in [4.69, 9.17) is 0 Å². The Morgan fingerprint density at radius 1 is 1.23 bits per heavy atom. The van der Waals surface area contributed by atoms with Crippen LogP contribution in [-0.4, -0.2) is 0 Å². The normalized spacial score (nSPS) is 28.7. The standard InChI is InChI=1S/C13H24/c1-4-6-11(3)10-13-9-8-12(13)7-5-2/h10,12-13H,4-9H2,1-3H3. The van der Waals surface area contributed by atoms with Gasteiger partial charge in [0.05, 0.1) is 0 Å². The fourth-order valence-corrected chi connectivity index (χ4v) is 2.39. The van der Waals surface area contributed by atoms with Crippen molar-refractivity contribution in [1.82, 2.24) is 0 Å². The Hall–Kier alpha value is -0.260. The molecule has 13 heavy (non-hydrogen) atoms. The van der Waals surface area contributed by atoms with Crippen molar-refractivity contribution in [2.45, 2.75) is 59.3 Å². The zero-order valence-electron chi connectivity index (χ0n) is 9.47. The van der Waals surface area contributed by atoms with Crippen molar-refractivity contribution in [3.8, 4) is 0 Å². The summed E-state index contributed by atoms with van der Waals surface area (Å²) >= 11 is 0. The summed E-state index contributed by atoms with van der Waals surface area (Å²) in [7, 11) is 0. The molecule has 0 aliphatic heterocycles. The lowest BCUT2D eigenvalue weighted by molar-refractivity contribution is 0.209. The topological polar surface area (TPSA) is 0 Å². The Labute approximate surface area is 83.4 Å². The lowest BCUT2D eigenvalue weighted by atomic mass is 9.71. The molecule has 0 aromatic carbocycles. The molecule has 0 amide bonds. The van der Waals surface area contributed by atoms with Crippen molar-refractivity contribution in [3.63, 3.8) is 0 Å². The molecule has 1 rings (SSSR count). The van der Waals surface area contributed by atoms with Gasteiger partial charge < -0.3 is 0 Å². The van der Waals surface area contributed by atoms with Crippen molar-refractivity contribution in [2.24, 2.45) is 11.8 Å². The largest absolute Gasteiger partial charge is 0.0822 e. The van der Waals surface area contributed by atoms with Gasteiger partial charge in [0, 0.05) is 0 Å². The molecule has 0 spiro atoms. The van der Waals surface area contributed by atoms with Crippen LogP contribution in [0.3, 0.4) is 0 Å². The van der Waals surface area contributed by atoms with Crippen molar-refractivity contribution >= 4 is 0 Å². The molecule has 0 heteroatoms. The van der Waals surface area contributed by atoms with Crippen LogP contribution in [0.2, 0.25) is 0 Å². The van der Waals surface area contributed by atoms with Gasteiger partial charge in [-0.15, -0.1) is 0 Å². The molecule has 0 nitrogen and oxygen atoms in total. The second-order valence-electron chi connectivity index (χ2n) is 4.55. The van der Waals surface area contributed by atoms with Gasteiger partial charge in [-0.1, -0.05) is 44.8 Å². The van der Waals surface area contributed by atoms with Crippen LogP contribution in [-0.2, 0) is 0 Å². The van der Waals surface area contributed by atoms with Gasteiger partial charge >= 0.3 is 0 Å². The van der Waals surface area contributed by atoms with E-state index >= 15 is 0 Å². The second-order valence-corrected chi connectivity index (χ2v) is 4.55. The molecule has 0 N–H and O–H groups in total. The third kappa shape index (κ3) is 3.17. The second kappa shape index (κ2) is 5.47. The zero-order valence-corrected chi connectivity index (χ0v) is 9.47. The van der Waals surface area contributed by atoms with E-state index in [1.54, 1.807) is 5.57 Å². The molecule has 1 fully saturated rings. The van der Waals surface area contributed by atoms with Gasteiger partial charge in [-0.05, 0) is 38.0 Å². The average molecular weight is 180 g/mol. The summed E-state index contributed by atoms with van der Waals surface area (Å²) in [5, 5.41) is 0. The molecular formula is C13H24. The number of hydrogen-bond acceptors (Lipinski definition) is 0. The fourth-order valence-electron chi connectivity index (χ4n) is 2.39. The summed E-state index contributed by atoms with van der Waals surface area (Å²) < 4.78 is 0. The van der Waals surface area contributed by atoms with Crippen LogP contribution in [0, 0.1) is 11.8 Å². The van der Waals surface area contributed by atoms with Gasteiger partial charge in [0.15, 0.2) is 0 Å². The first kappa shape index (κ1) is 10.8. The summed E-state index contributed by atoms with van der Waals surface area (Å²) in [5.74, 6) is 1.96. The van der Waals surface area contributed by atoms with Gasteiger partial charge in [0.1, 0.15) is 0 Å². The summed E-state index contributed by atoms with van der Waals surface area (Å²) in [5.41, 5.74) is 1.62. The minimum absolute atomic E-state index is 0.937. The van der Waals surface area contributed by atoms with Gasteiger partial charge in [-0.3, -0.25) is 0 Å². The Balaban J connectivity index is 2.31. The first-order chi connectivity index (χ1) is 6.27. The summed E-state index contributed by atoms with van der Waals surface area (Å²) in [4.78, 5) is 0. The van der Waals surface area contributed by atoms with E-state index in [1.165, 1.54) is 38.5 Å². The summed E-state index contributed by atoms with van der Waals surface area (Å²) in [6, 6.07) is 0. The first-order valence-electron chi connectivity index (χ1n) is 5.95. The Morgan fingerprint density at radius 3 is 2.46 bits per heavy atom. The molecule has 0 aromatic rings. The number of rotatable bonds is 5. The Kier molecular flexibility index (Phi) is 4.55. The summed E-state index contributed by atoms with van der Waals surface area (Å²) in [6.45, 7) is 6.87. The average Bonchev–Trinajstić information content (AvgIpc) is 2.09. The third-order valence-electron chi connectivity index (χ3n) is 3.28. The zero-order chi connectivity index (χ0) is 9.68. The maximum absolute atomic E-state index is 2.55. The van der Waals surface area contributed by atoms with E-state index < -0.39 is 0 Å². The quantitative estimate of drug-likeness (QED) is 0.544. The Bertz CT molecular complexity index is 167. The minimum atomic E-state index is 0.937. The van der Waals surface area contributed by atoms with Crippen molar-refractivity contribution in [1.29, 1.82) is 0 Å². The van der Waals surface area contributed by atoms with E-state index in [1.807, 2.05) is 0 Å². The molecule has 1 aliphatic carbocycles. The van der Waals surface area contributed by atoms with Crippen LogP contribution in [0.4, 0.5) is 0 Å². The monoisotopic (exact) mass is 180 g/mol. The first-order valence-corrected chi connectivity index (χ1v) is 5.95. The third-order valence-corrected chi connectivity index (χ3v) is 3.28. The summed E-state index contributed by atoms with van der Waals surface area (Å²) in [6.07, 6.45) is 10.9. The lowest BCUT2D eigenvalue weighted by Crippen LogP contribution is -2.24. The highest BCUT2D eigenvalue weighted by Crippen LogP contribution is 2.39. The molecular weight excluding hydrogens is 156 g/mol. The highest BCUT2D eigenvalue weighted by atomic mass is 14.3. The number of hydrogen-bond donors (Lipinski definition) is 0. The van der Waals surface area contributed by atoms with E-state index in [0.717, 1.165) is 11.8 Å². The van der Waals surface area contributed by atoms with Crippen molar-refractivity contribution in [2.75, 3.05) is 0 Å². The van der Waals surface area contributed by atoms with E-state index in [2.05, 4.69) is 26.8 Å². The molecule has 1 saturated carbocycles. The highest BCUT2D eigenvalue weighted by Gasteiger charge is 2.27. The predicted octanol–water partition coefficient (Wildman–Crippen LogP) is 4.56. The molecule has 76 valence electrons. The van der Waals surface area contributed by atoms with Gasteiger partial charge in [0.25, 0.3) is 0 Å². The van der Waals surface area contributed by atoms with E-state index in [0.29, 0.717) is 0 Å². The van der Waals surface area contributed by atoms with Crippen LogP contribution in [0.1, 0.15) is 59.3 Å². The Morgan fingerprint density at radius 2 is 2.00 bits per heavy atom. The van der Waals surface area contributed by atoms with Gasteiger partial charge in [0.2, 0.25) is 0 Å². The molecule has 0 saturated heterocycles. The van der Waals surface area contributed by atoms with E-state index in [-0.39, 0.29) is 0 Å². The van der Waals surface area contributed by atoms with Gasteiger partial charge in [-0.25, -0.2) is 0 Å². The van der Waals surface area contributed by atoms with Gasteiger partial charge in [-0.2, -0.15) is 0 Å². The SMILES string of the molecule is CCCC(C)=CC1CCC1CCC. The predicted molar refractivity (Wildman–Crippen MR) is 59.8 cm³/mol. The molecule has 2 unspecified atom stereocenters. The fraction of sp³-hybridized carbons (Fsp3) is 0.846. The van der Waals surface area contributed by atoms with Crippen LogP contribution in [0.5, 0.6) is 0 Å². The maximum Gasteiger partial charge on any atom is -0.0202 e. The highest BCUT2D eigenvalue weighted by molar-refractivity contribution is 5.05. The smallest absolute Gasteiger partial charge is 0.0202 e. The molecule has 1 aliphatic rings. The minimum Gasteiger partial charge on any atom is -0.0822 e. The molecule has 0 aromatic heterocycles. The van der Waals surface area contributed by atoms with Crippen molar-refractivity contribution in [3.05, 3.63) is 11.6 Å². The maximum atomic E-state index is 2.55. The van der Waals surface area contributed by atoms with Crippen LogP contribution < -0.4 is 0 Å². The van der Waals surface area contributed by atoms with E-state index in [9.17, 15) is 0 Å².